The molecule has 1 aliphatic heterocycles. The van der Waals surface area contributed by atoms with E-state index in [0.717, 1.165) is 11.5 Å². The molecule has 3 aliphatic carbocycles. The van der Waals surface area contributed by atoms with E-state index >= 15 is 0 Å². The Morgan fingerprint density at radius 2 is 0.709 bits per heavy atom. The SMILES string of the molecule is c1ccc2c(c1)-c1ccccc1C21c2ccccc2-c2ccc(-c3ccc4c(c3)C3(c5ccccc5-c5ccccc53)c3c(ccc5ccccc35)O4)cc21. The lowest BCUT2D eigenvalue weighted by atomic mass is 9.64. The summed E-state index contributed by atoms with van der Waals surface area (Å²) in [6.07, 6.45) is 0. The lowest BCUT2D eigenvalue weighted by Crippen LogP contribution is -2.32. The van der Waals surface area contributed by atoms with Crippen molar-refractivity contribution >= 4 is 10.8 Å². The second-order valence-corrected chi connectivity index (χ2v) is 15.5. The monoisotopic (exact) mass is 696 g/mol. The minimum absolute atomic E-state index is 0.394. The van der Waals surface area contributed by atoms with Gasteiger partial charge in [0, 0.05) is 11.1 Å². The largest absolute Gasteiger partial charge is 0.457 e. The van der Waals surface area contributed by atoms with Crippen molar-refractivity contribution in [3.8, 4) is 56.0 Å². The summed E-state index contributed by atoms with van der Waals surface area (Å²) < 4.78 is 6.96. The van der Waals surface area contributed by atoms with Crippen LogP contribution in [0.5, 0.6) is 11.5 Å². The van der Waals surface area contributed by atoms with Crippen molar-refractivity contribution in [2.75, 3.05) is 0 Å². The molecule has 0 saturated heterocycles. The normalized spacial score (nSPS) is 15.0. The zero-order chi connectivity index (χ0) is 35.9. The van der Waals surface area contributed by atoms with E-state index in [2.05, 4.69) is 194 Å². The van der Waals surface area contributed by atoms with Crippen LogP contribution >= 0.6 is 0 Å². The van der Waals surface area contributed by atoms with Gasteiger partial charge < -0.3 is 4.74 Å². The van der Waals surface area contributed by atoms with Crippen LogP contribution in [0, 0.1) is 0 Å². The third-order valence-corrected chi connectivity index (χ3v) is 13.2. The van der Waals surface area contributed by atoms with Crippen LogP contribution < -0.4 is 4.74 Å². The predicted molar refractivity (Wildman–Crippen MR) is 223 cm³/mol. The molecule has 0 atom stereocenters. The van der Waals surface area contributed by atoms with Crippen LogP contribution in [0.15, 0.2) is 194 Å². The summed E-state index contributed by atoms with van der Waals surface area (Å²) in [5.41, 5.74) is 19.7. The Labute approximate surface area is 319 Å². The van der Waals surface area contributed by atoms with Gasteiger partial charge in [0.15, 0.2) is 0 Å². The van der Waals surface area contributed by atoms with Crippen molar-refractivity contribution in [2.45, 2.75) is 10.8 Å². The van der Waals surface area contributed by atoms with Gasteiger partial charge in [-0.05, 0) is 113 Å². The molecular weight excluding hydrogens is 665 g/mol. The topological polar surface area (TPSA) is 9.23 Å². The predicted octanol–water partition coefficient (Wildman–Crippen LogP) is 13.3. The second kappa shape index (κ2) is 10.4. The molecule has 0 radical (unpaired) electrons. The van der Waals surface area contributed by atoms with Gasteiger partial charge >= 0.3 is 0 Å². The van der Waals surface area contributed by atoms with Gasteiger partial charge in [0.05, 0.1) is 10.8 Å². The van der Waals surface area contributed by atoms with Gasteiger partial charge in [-0.25, -0.2) is 0 Å². The zero-order valence-electron chi connectivity index (χ0n) is 29.9. The first-order chi connectivity index (χ1) is 27.3. The summed E-state index contributed by atoms with van der Waals surface area (Å²) in [5.74, 6) is 1.82. The molecule has 9 aromatic rings. The van der Waals surface area contributed by atoms with Gasteiger partial charge in [0.25, 0.3) is 0 Å². The third kappa shape index (κ3) is 3.46. The number of hydrogen-bond donors (Lipinski definition) is 0. The molecule has 0 fully saturated rings. The van der Waals surface area contributed by atoms with Gasteiger partial charge in [-0.1, -0.05) is 170 Å². The summed E-state index contributed by atoms with van der Waals surface area (Å²) in [5, 5.41) is 2.43. The molecule has 2 spiro atoms. The number of rotatable bonds is 1. The summed E-state index contributed by atoms with van der Waals surface area (Å²) in [7, 11) is 0. The Kier molecular flexibility index (Phi) is 5.56. The van der Waals surface area contributed by atoms with Crippen molar-refractivity contribution in [3.05, 3.63) is 239 Å². The second-order valence-electron chi connectivity index (χ2n) is 15.5. The maximum atomic E-state index is 6.96. The fraction of sp³-hybridized carbons (Fsp3) is 0.0370. The average Bonchev–Trinajstić information content (AvgIpc) is 3.84. The molecule has 1 nitrogen and oxygen atoms in total. The lowest BCUT2D eigenvalue weighted by molar-refractivity contribution is 0.438. The van der Waals surface area contributed by atoms with Gasteiger partial charge in [-0.15, -0.1) is 0 Å². The lowest BCUT2D eigenvalue weighted by Gasteiger charge is -2.40. The highest BCUT2D eigenvalue weighted by atomic mass is 16.5. The molecule has 254 valence electrons. The summed E-state index contributed by atoms with van der Waals surface area (Å²) in [6, 6.07) is 72.4. The van der Waals surface area contributed by atoms with Crippen molar-refractivity contribution in [1.29, 1.82) is 0 Å². The van der Waals surface area contributed by atoms with Crippen LogP contribution in [0.2, 0.25) is 0 Å². The highest BCUT2D eigenvalue weighted by Crippen LogP contribution is 2.65. The highest BCUT2D eigenvalue weighted by molar-refractivity contribution is 5.99. The first-order valence-electron chi connectivity index (χ1n) is 19.3. The molecule has 0 amide bonds. The first-order valence-corrected chi connectivity index (χ1v) is 19.3. The standard InChI is InChI=1S/C54H32O/c1-2-14-36-33(13-1)26-30-51-52(36)54(46-23-11-6-17-39(46)40-18-7-12-24-47(40)54)49-32-35(27-29-50(49)55-51)34-25-28-42-41-19-5-10-22-45(41)53(48(42)31-34)43-20-8-3-15-37(43)38-16-4-9-21-44(38)53/h1-32H. The Hall–Kier alpha value is -6.96. The Morgan fingerprint density at radius 3 is 1.27 bits per heavy atom. The molecular formula is C54H32O. The van der Waals surface area contributed by atoms with E-state index in [4.69, 9.17) is 4.74 Å². The maximum Gasteiger partial charge on any atom is 0.132 e. The molecule has 0 saturated carbocycles. The highest BCUT2D eigenvalue weighted by Gasteiger charge is 2.53. The van der Waals surface area contributed by atoms with Gasteiger partial charge in [0.1, 0.15) is 11.5 Å². The fourth-order valence-electron chi connectivity index (χ4n) is 11.1. The Bertz CT molecular complexity index is 3040. The Balaban J connectivity index is 1.10. The first kappa shape index (κ1) is 29.5. The van der Waals surface area contributed by atoms with E-state index in [1.54, 1.807) is 0 Å². The molecule has 1 heterocycles. The molecule has 0 bridgehead atoms. The molecule has 0 N–H and O–H groups in total. The number of benzene rings is 9. The Morgan fingerprint density at radius 1 is 0.291 bits per heavy atom. The van der Waals surface area contributed by atoms with Gasteiger partial charge in [-0.2, -0.15) is 0 Å². The third-order valence-electron chi connectivity index (χ3n) is 13.2. The van der Waals surface area contributed by atoms with E-state index in [1.165, 1.54) is 99.8 Å². The summed E-state index contributed by atoms with van der Waals surface area (Å²) >= 11 is 0. The van der Waals surface area contributed by atoms with Crippen molar-refractivity contribution in [1.82, 2.24) is 0 Å². The summed E-state index contributed by atoms with van der Waals surface area (Å²) in [4.78, 5) is 0. The van der Waals surface area contributed by atoms with E-state index in [9.17, 15) is 0 Å². The molecule has 55 heavy (non-hydrogen) atoms. The molecule has 1 heteroatoms. The van der Waals surface area contributed by atoms with Crippen LogP contribution in [-0.2, 0) is 10.8 Å². The minimum Gasteiger partial charge on any atom is -0.457 e. The van der Waals surface area contributed by atoms with Gasteiger partial charge in [0.2, 0.25) is 0 Å². The quantitative estimate of drug-likeness (QED) is 0.166. The van der Waals surface area contributed by atoms with Crippen molar-refractivity contribution in [2.24, 2.45) is 0 Å². The van der Waals surface area contributed by atoms with Crippen LogP contribution in [0.1, 0.15) is 44.5 Å². The van der Waals surface area contributed by atoms with E-state index in [0.29, 0.717) is 0 Å². The zero-order valence-corrected chi connectivity index (χ0v) is 29.9. The van der Waals surface area contributed by atoms with E-state index in [1.807, 2.05) is 0 Å². The van der Waals surface area contributed by atoms with E-state index in [-0.39, 0.29) is 0 Å². The molecule has 0 unspecified atom stereocenters. The van der Waals surface area contributed by atoms with Gasteiger partial charge in [-0.3, -0.25) is 0 Å². The number of ether oxygens (including phenoxy) is 1. The van der Waals surface area contributed by atoms with Crippen LogP contribution in [0.3, 0.4) is 0 Å². The smallest absolute Gasteiger partial charge is 0.132 e. The van der Waals surface area contributed by atoms with E-state index < -0.39 is 10.8 Å². The number of hydrogen-bond acceptors (Lipinski definition) is 1. The van der Waals surface area contributed by atoms with Crippen LogP contribution in [0.25, 0.3) is 55.3 Å². The fourth-order valence-corrected chi connectivity index (χ4v) is 11.1. The van der Waals surface area contributed by atoms with Crippen molar-refractivity contribution in [3.63, 3.8) is 0 Å². The molecule has 9 aromatic carbocycles. The molecule has 13 rings (SSSR count). The maximum absolute atomic E-state index is 6.96. The van der Waals surface area contributed by atoms with Crippen LogP contribution in [0.4, 0.5) is 0 Å². The minimum atomic E-state index is -0.565. The average molecular weight is 697 g/mol. The van der Waals surface area contributed by atoms with Crippen molar-refractivity contribution < 1.29 is 4.74 Å². The summed E-state index contributed by atoms with van der Waals surface area (Å²) in [6.45, 7) is 0. The molecule has 4 aliphatic rings. The number of fused-ring (bicyclic) bond motifs is 21. The van der Waals surface area contributed by atoms with Crippen LogP contribution in [-0.4, -0.2) is 0 Å². The molecule has 0 aromatic heterocycles.